The fourth-order valence-corrected chi connectivity index (χ4v) is 5.67. The van der Waals surface area contributed by atoms with Crippen molar-refractivity contribution >= 4 is 45.4 Å². The lowest BCUT2D eigenvalue weighted by atomic mass is 10.0. The number of nitro groups is 1. The molecule has 1 aliphatic heterocycles. The van der Waals surface area contributed by atoms with Crippen molar-refractivity contribution in [3.63, 3.8) is 0 Å². The zero-order valence-corrected chi connectivity index (χ0v) is 22.7. The first kappa shape index (κ1) is 26.1. The Balaban J connectivity index is 1.29. The molecule has 2 aromatic heterocycles. The highest BCUT2D eigenvalue weighted by Crippen LogP contribution is 2.39. The van der Waals surface area contributed by atoms with E-state index >= 15 is 0 Å². The number of non-ortho nitro benzene ring substituents is 1. The smallest absolute Gasteiger partial charge is 0.269 e. The van der Waals surface area contributed by atoms with Gasteiger partial charge in [-0.25, -0.2) is 0 Å². The number of amides is 1. The van der Waals surface area contributed by atoms with E-state index in [0.29, 0.717) is 11.7 Å². The number of pyridine rings is 1. The number of hydrogen-bond acceptors (Lipinski definition) is 5. The van der Waals surface area contributed by atoms with Crippen molar-refractivity contribution in [3.05, 3.63) is 131 Å². The number of rotatable bonds is 8. The third kappa shape index (κ3) is 5.24. The van der Waals surface area contributed by atoms with Crippen LogP contribution in [0.4, 0.5) is 11.4 Å². The van der Waals surface area contributed by atoms with Crippen LogP contribution in [0.15, 0.2) is 109 Å². The van der Waals surface area contributed by atoms with Crippen molar-refractivity contribution in [1.29, 1.82) is 0 Å². The van der Waals surface area contributed by atoms with Gasteiger partial charge in [-0.3, -0.25) is 19.9 Å². The van der Waals surface area contributed by atoms with E-state index in [0.717, 1.165) is 33.5 Å². The second kappa shape index (κ2) is 11.2. The number of fused-ring (bicyclic) bond motifs is 1. The van der Waals surface area contributed by atoms with E-state index in [1.807, 2.05) is 88.5 Å². The fourth-order valence-electron chi connectivity index (χ4n) is 5.34. The minimum absolute atomic E-state index is 0.0244. The van der Waals surface area contributed by atoms with E-state index in [1.165, 1.54) is 12.1 Å². The molecular weight excluding hydrogens is 536 g/mol. The Morgan fingerprint density at radius 1 is 0.976 bits per heavy atom. The Bertz CT molecular complexity index is 1730. The third-order valence-electron chi connectivity index (χ3n) is 7.26. The fraction of sp³-hybridized carbons (Fsp3) is 0.129. The summed E-state index contributed by atoms with van der Waals surface area (Å²) in [5.41, 5.74) is 3.30. The van der Waals surface area contributed by atoms with Gasteiger partial charge >= 0.3 is 0 Å². The Morgan fingerprint density at radius 3 is 2.54 bits per heavy atom. The zero-order valence-electron chi connectivity index (χ0n) is 21.9. The Morgan fingerprint density at radius 2 is 1.76 bits per heavy atom. The molecule has 1 fully saturated rings. The number of benzene rings is 3. The van der Waals surface area contributed by atoms with E-state index in [4.69, 9.17) is 12.2 Å². The van der Waals surface area contributed by atoms with E-state index in [-0.39, 0.29) is 30.1 Å². The van der Waals surface area contributed by atoms with Crippen molar-refractivity contribution in [2.75, 3.05) is 11.9 Å². The minimum Gasteiger partial charge on any atom is -0.352 e. The van der Waals surface area contributed by atoms with E-state index in [2.05, 4.69) is 15.6 Å². The van der Waals surface area contributed by atoms with Crippen LogP contribution in [-0.4, -0.2) is 36.9 Å². The molecule has 0 saturated carbocycles. The summed E-state index contributed by atoms with van der Waals surface area (Å²) >= 11 is 5.79. The summed E-state index contributed by atoms with van der Waals surface area (Å²) < 4.78 is 1.99. The van der Waals surface area contributed by atoms with Crippen LogP contribution < -0.4 is 10.6 Å². The number of nitrogens with one attached hydrogen (secondary N) is 2. The van der Waals surface area contributed by atoms with Gasteiger partial charge in [-0.15, -0.1) is 0 Å². The maximum Gasteiger partial charge on any atom is 0.269 e. The van der Waals surface area contributed by atoms with Crippen LogP contribution in [-0.2, 0) is 4.79 Å². The summed E-state index contributed by atoms with van der Waals surface area (Å²) in [6.07, 6.45) is 3.88. The Hall–Kier alpha value is -5.09. The lowest BCUT2D eigenvalue weighted by molar-refractivity contribution is -0.384. The molecule has 41 heavy (non-hydrogen) atoms. The third-order valence-corrected chi connectivity index (χ3v) is 7.62. The topological polar surface area (TPSA) is 105 Å². The Labute approximate surface area is 241 Å². The molecule has 3 heterocycles. The molecule has 1 aliphatic rings. The normalized spacial score (nSPS) is 16.5. The molecule has 1 amide bonds. The van der Waals surface area contributed by atoms with Gasteiger partial charge in [0.15, 0.2) is 5.11 Å². The van der Waals surface area contributed by atoms with Gasteiger partial charge in [-0.1, -0.05) is 42.5 Å². The van der Waals surface area contributed by atoms with Gasteiger partial charge in [-0.2, -0.15) is 0 Å². The van der Waals surface area contributed by atoms with Crippen molar-refractivity contribution in [3.8, 4) is 5.69 Å². The van der Waals surface area contributed by atoms with Crippen LogP contribution in [0.5, 0.6) is 0 Å². The number of hydrogen-bond donors (Lipinski definition) is 2. The average molecular weight is 563 g/mol. The molecule has 9 nitrogen and oxygen atoms in total. The molecule has 2 atom stereocenters. The number of nitrogens with zero attached hydrogens (tertiary/aromatic N) is 4. The van der Waals surface area contributed by atoms with Gasteiger partial charge < -0.3 is 20.1 Å². The molecule has 3 aromatic carbocycles. The zero-order chi connectivity index (χ0) is 28.3. The first-order valence-electron chi connectivity index (χ1n) is 13.2. The first-order valence-corrected chi connectivity index (χ1v) is 13.6. The molecule has 0 bridgehead atoms. The van der Waals surface area contributed by atoms with Gasteiger partial charge in [0.2, 0.25) is 5.91 Å². The van der Waals surface area contributed by atoms with Crippen LogP contribution in [0.2, 0.25) is 0 Å². The van der Waals surface area contributed by atoms with Crippen molar-refractivity contribution < 1.29 is 9.72 Å². The molecule has 5 aromatic rings. The molecule has 0 unspecified atom stereocenters. The monoisotopic (exact) mass is 562 g/mol. The number of aromatic nitrogens is 2. The maximum absolute atomic E-state index is 13.2. The molecule has 6 rings (SSSR count). The largest absolute Gasteiger partial charge is 0.352 e. The molecule has 10 heteroatoms. The van der Waals surface area contributed by atoms with Crippen LogP contribution in [0, 0.1) is 10.1 Å². The summed E-state index contributed by atoms with van der Waals surface area (Å²) in [4.78, 5) is 30.6. The van der Waals surface area contributed by atoms with Crippen molar-refractivity contribution in [2.45, 2.75) is 18.5 Å². The number of carbonyl (C=O) groups is 1. The van der Waals surface area contributed by atoms with Crippen molar-refractivity contribution in [2.24, 2.45) is 0 Å². The SMILES string of the molecule is O=C(CCN1C(=S)N[C@H](c2ccccn2)[C@H]1c1cccn1-c1ccc([N+](=O)[O-])cc1)Nc1cccc2ccccc12. The standard InChI is InChI=1S/C31H26N6O3S/c38-28(33-25-11-5-8-21-7-1-2-9-24(21)25)17-20-36-30(29(34-31(36)41)26-10-3-4-18-32-26)27-12-6-19-35(27)22-13-15-23(16-14-22)37(39)40/h1-16,18-19,29-30H,17,20H2,(H,33,38)(H,34,41)/t29-,30-/m1/s1. The van der Waals surface area contributed by atoms with Gasteiger partial charge in [0.1, 0.15) is 0 Å². The van der Waals surface area contributed by atoms with E-state index < -0.39 is 4.92 Å². The first-order chi connectivity index (χ1) is 20.0. The molecular formula is C31H26N6O3S. The van der Waals surface area contributed by atoms with Gasteiger partial charge in [-0.05, 0) is 60.1 Å². The van der Waals surface area contributed by atoms with Crippen LogP contribution >= 0.6 is 12.2 Å². The molecule has 0 spiro atoms. The summed E-state index contributed by atoms with van der Waals surface area (Å²) in [6, 6.07) is 29.3. The molecule has 0 radical (unpaired) electrons. The summed E-state index contributed by atoms with van der Waals surface area (Å²) in [7, 11) is 0. The lowest BCUT2D eigenvalue weighted by Crippen LogP contribution is -2.33. The molecule has 1 saturated heterocycles. The lowest BCUT2D eigenvalue weighted by Gasteiger charge is -2.29. The summed E-state index contributed by atoms with van der Waals surface area (Å²) in [6.45, 7) is 0.377. The van der Waals surface area contributed by atoms with Gasteiger partial charge in [0, 0.05) is 59.9 Å². The molecule has 0 aliphatic carbocycles. The van der Waals surface area contributed by atoms with Crippen LogP contribution in [0.3, 0.4) is 0 Å². The van der Waals surface area contributed by atoms with Crippen LogP contribution in [0.25, 0.3) is 16.5 Å². The summed E-state index contributed by atoms with van der Waals surface area (Å²) in [5, 5.41) is 20.2. The summed E-state index contributed by atoms with van der Waals surface area (Å²) in [5.74, 6) is -0.116. The van der Waals surface area contributed by atoms with Crippen molar-refractivity contribution in [1.82, 2.24) is 19.8 Å². The quantitative estimate of drug-likeness (QED) is 0.137. The predicted octanol–water partition coefficient (Wildman–Crippen LogP) is 5.94. The van der Waals surface area contributed by atoms with E-state index in [1.54, 1.807) is 18.3 Å². The molecule has 204 valence electrons. The second-order valence-corrected chi connectivity index (χ2v) is 10.1. The van der Waals surface area contributed by atoms with Crippen LogP contribution in [0.1, 0.15) is 29.9 Å². The van der Waals surface area contributed by atoms with Gasteiger partial charge in [0.25, 0.3) is 5.69 Å². The Kier molecular flexibility index (Phi) is 7.13. The molecule has 2 N–H and O–H groups in total. The highest BCUT2D eigenvalue weighted by Gasteiger charge is 2.41. The number of carbonyl (C=O) groups excluding carboxylic acids is 1. The highest BCUT2D eigenvalue weighted by molar-refractivity contribution is 7.80. The number of thiocarbonyl (C=S) groups is 1. The second-order valence-electron chi connectivity index (χ2n) is 9.72. The van der Waals surface area contributed by atoms with Gasteiger partial charge in [0.05, 0.1) is 22.7 Å². The predicted molar refractivity (Wildman–Crippen MR) is 162 cm³/mol. The maximum atomic E-state index is 13.2. The number of nitro benzene ring substituents is 1. The average Bonchev–Trinajstić information content (AvgIpc) is 3.61. The van der Waals surface area contributed by atoms with E-state index in [9.17, 15) is 14.9 Å². The minimum atomic E-state index is -0.415. The highest BCUT2D eigenvalue weighted by atomic mass is 32.1. The number of anilines is 1.